The molecule has 4 rings (SSSR count). The predicted octanol–water partition coefficient (Wildman–Crippen LogP) is 2.30. The van der Waals surface area contributed by atoms with Gasteiger partial charge < -0.3 is 9.88 Å². The molecule has 0 bridgehead atoms. The van der Waals surface area contributed by atoms with Crippen molar-refractivity contribution in [3.8, 4) is 0 Å². The van der Waals surface area contributed by atoms with E-state index in [9.17, 15) is 0 Å². The molecule has 0 atom stereocenters. The molecule has 3 aliphatic rings. The van der Waals surface area contributed by atoms with Crippen molar-refractivity contribution in [1.82, 2.24) is 9.88 Å². The highest BCUT2D eigenvalue weighted by molar-refractivity contribution is 5.72. The van der Waals surface area contributed by atoms with E-state index in [1.165, 1.54) is 31.3 Å². The Morgan fingerprint density at radius 1 is 1.31 bits per heavy atom. The lowest BCUT2D eigenvalue weighted by Crippen LogP contribution is -2.36. The average molecular weight is 214 g/mol. The summed E-state index contributed by atoms with van der Waals surface area (Å²) in [4.78, 5) is 0. The SMILES string of the molecule is C1=C2CNCCn3ccc(c32)C2(C1)CCC2. The molecule has 0 unspecified atom stereocenters. The van der Waals surface area contributed by atoms with Gasteiger partial charge in [0.15, 0.2) is 0 Å². The van der Waals surface area contributed by atoms with Gasteiger partial charge in [0.25, 0.3) is 0 Å². The Bertz CT molecular complexity index is 463. The summed E-state index contributed by atoms with van der Waals surface area (Å²) in [5.74, 6) is 0. The standard InChI is InChI=1S/C14H18N2/c1-4-14(5-1)6-2-11-10-15-7-9-16-8-3-12(14)13(11)16/h2-3,8,15H,1,4-7,9-10H2. The van der Waals surface area contributed by atoms with Crippen molar-refractivity contribution in [2.24, 2.45) is 0 Å². The average Bonchev–Trinajstić information content (AvgIpc) is 2.55. The van der Waals surface area contributed by atoms with Crippen LogP contribution in [0.3, 0.4) is 0 Å². The molecule has 0 radical (unpaired) electrons. The van der Waals surface area contributed by atoms with Gasteiger partial charge >= 0.3 is 0 Å². The van der Waals surface area contributed by atoms with E-state index in [0.717, 1.165) is 19.6 Å². The zero-order valence-electron chi connectivity index (χ0n) is 9.63. The summed E-state index contributed by atoms with van der Waals surface area (Å²) in [7, 11) is 0. The van der Waals surface area contributed by atoms with Crippen molar-refractivity contribution >= 4 is 5.57 Å². The van der Waals surface area contributed by atoms with Gasteiger partial charge in [-0.25, -0.2) is 0 Å². The molecule has 2 nitrogen and oxygen atoms in total. The topological polar surface area (TPSA) is 17.0 Å². The maximum absolute atomic E-state index is 3.52. The van der Waals surface area contributed by atoms with E-state index in [-0.39, 0.29) is 0 Å². The molecule has 0 amide bonds. The number of aromatic nitrogens is 1. The van der Waals surface area contributed by atoms with Crippen LogP contribution in [0.25, 0.3) is 5.57 Å². The van der Waals surface area contributed by atoms with Gasteiger partial charge in [0.05, 0.1) is 0 Å². The largest absolute Gasteiger partial charge is 0.346 e. The first kappa shape index (κ1) is 9.06. The van der Waals surface area contributed by atoms with Crippen LogP contribution in [0.2, 0.25) is 0 Å². The van der Waals surface area contributed by atoms with Gasteiger partial charge in [-0.05, 0) is 36.5 Å². The van der Waals surface area contributed by atoms with E-state index in [4.69, 9.17) is 0 Å². The molecular weight excluding hydrogens is 196 g/mol. The van der Waals surface area contributed by atoms with Crippen LogP contribution in [0.1, 0.15) is 36.9 Å². The Morgan fingerprint density at radius 3 is 3.06 bits per heavy atom. The zero-order valence-corrected chi connectivity index (χ0v) is 9.63. The van der Waals surface area contributed by atoms with E-state index in [2.05, 4.69) is 28.2 Å². The summed E-state index contributed by atoms with van der Waals surface area (Å²) in [5.41, 5.74) is 5.28. The third-order valence-corrected chi connectivity index (χ3v) is 4.73. The summed E-state index contributed by atoms with van der Waals surface area (Å²) in [6.07, 6.45) is 10.3. The van der Waals surface area contributed by atoms with Crippen LogP contribution < -0.4 is 5.32 Å². The van der Waals surface area contributed by atoms with Gasteiger partial charge in [0.2, 0.25) is 0 Å². The van der Waals surface area contributed by atoms with Gasteiger partial charge in [0, 0.05) is 36.9 Å². The van der Waals surface area contributed by atoms with Crippen molar-refractivity contribution in [2.75, 3.05) is 13.1 Å². The summed E-state index contributed by atoms with van der Waals surface area (Å²) in [6.45, 7) is 3.29. The van der Waals surface area contributed by atoms with Crippen molar-refractivity contribution in [3.05, 3.63) is 29.6 Å². The minimum atomic E-state index is 0.536. The molecule has 1 aliphatic heterocycles. The molecule has 1 aromatic rings. The smallest absolute Gasteiger partial charge is 0.0487 e. The Balaban J connectivity index is 1.91. The van der Waals surface area contributed by atoms with E-state index >= 15 is 0 Å². The highest BCUT2D eigenvalue weighted by Gasteiger charge is 2.43. The van der Waals surface area contributed by atoms with Crippen molar-refractivity contribution in [3.63, 3.8) is 0 Å². The number of rotatable bonds is 0. The highest BCUT2D eigenvalue weighted by atomic mass is 15.0. The third kappa shape index (κ3) is 1.01. The Labute approximate surface area is 96.3 Å². The predicted molar refractivity (Wildman–Crippen MR) is 65.4 cm³/mol. The monoisotopic (exact) mass is 214 g/mol. The maximum atomic E-state index is 3.52. The molecule has 2 aliphatic carbocycles. The Hall–Kier alpha value is -1.02. The van der Waals surface area contributed by atoms with Gasteiger partial charge in [-0.3, -0.25) is 0 Å². The van der Waals surface area contributed by atoms with Gasteiger partial charge in [0.1, 0.15) is 0 Å². The molecule has 1 fully saturated rings. The second-order valence-electron chi connectivity index (χ2n) is 5.52. The van der Waals surface area contributed by atoms with Crippen LogP contribution in [0, 0.1) is 0 Å². The molecule has 16 heavy (non-hydrogen) atoms. The van der Waals surface area contributed by atoms with E-state index < -0.39 is 0 Å². The van der Waals surface area contributed by atoms with Crippen molar-refractivity contribution in [1.29, 1.82) is 0 Å². The van der Waals surface area contributed by atoms with E-state index in [1.54, 1.807) is 11.3 Å². The van der Waals surface area contributed by atoms with Crippen LogP contribution in [-0.4, -0.2) is 17.7 Å². The quantitative estimate of drug-likeness (QED) is 0.701. The molecule has 1 saturated carbocycles. The molecule has 0 saturated heterocycles. The lowest BCUT2D eigenvalue weighted by atomic mass is 9.60. The molecule has 84 valence electrons. The fraction of sp³-hybridized carbons (Fsp3) is 0.571. The number of nitrogens with zero attached hydrogens (tertiary/aromatic N) is 1. The minimum Gasteiger partial charge on any atom is -0.346 e. The van der Waals surface area contributed by atoms with E-state index in [1.807, 2.05) is 0 Å². The van der Waals surface area contributed by atoms with Crippen molar-refractivity contribution < 1.29 is 0 Å². The number of allylic oxidation sites excluding steroid dienone is 1. The summed E-state index contributed by atoms with van der Waals surface area (Å²) in [5, 5.41) is 3.52. The van der Waals surface area contributed by atoms with Gasteiger partial charge in [-0.15, -0.1) is 0 Å². The highest BCUT2D eigenvalue weighted by Crippen LogP contribution is 2.52. The van der Waals surface area contributed by atoms with Crippen LogP contribution in [0.15, 0.2) is 18.3 Å². The Kier molecular flexibility index (Phi) is 1.70. The normalized spacial score (nSPS) is 25.6. The lowest BCUT2D eigenvalue weighted by molar-refractivity contribution is 0.243. The second-order valence-corrected chi connectivity index (χ2v) is 5.52. The van der Waals surface area contributed by atoms with Crippen LogP contribution >= 0.6 is 0 Å². The summed E-state index contributed by atoms with van der Waals surface area (Å²) >= 11 is 0. The number of hydrogen-bond donors (Lipinski definition) is 1. The first-order valence-electron chi connectivity index (χ1n) is 6.49. The number of fused-ring (bicyclic) bond motifs is 1. The Morgan fingerprint density at radius 2 is 2.25 bits per heavy atom. The number of nitrogens with one attached hydrogen (secondary N) is 1. The zero-order chi connectivity index (χ0) is 10.6. The molecule has 1 N–H and O–H groups in total. The molecule has 1 spiro atoms. The van der Waals surface area contributed by atoms with Crippen LogP contribution in [-0.2, 0) is 12.0 Å². The fourth-order valence-corrected chi connectivity index (χ4v) is 3.63. The van der Waals surface area contributed by atoms with E-state index in [0.29, 0.717) is 5.41 Å². The summed E-state index contributed by atoms with van der Waals surface area (Å²) in [6, 6.07) is 2.40. The molecule has 1 aromatic heterocycles. The molecule has 0 aromatic carbocycles. The maximum Gasteiger partial charge on any atom is 0.0487 e. The summed E-state index contributed by atoms with van der Waals surface area (Å²) < 4.78 is 2.46. The van der Waals surface area contributed by atoms with Crippen LogP contribution in [0.5, 0.6) is 0 Å². The number of hydrogen-bond acceptors (Lipinski definition) is 1. The molecule has 2 heterocycles. The third-order valence-electron chi connectivity index (χ3n) is 4.73. The lowest BCUT2D eigenvalue weighted by Gasteiger charge is -2.44. The first-order valence-corrected chi connectivity index (χ1v) is 6.49. The first-order chi connectivity index (χ1) is 7.89. The van der Waals surface area contributed by atoms with Gasteiger partial charge in [-0.1, -0.05) is 12.5 Å². The fourth-order valence-electron chi connectivity index (χ4n) is 3.63. The minimum absolute atomic E-state index is 0.536. The van der Waals surface area contributed by atoms with Crippen LogP contribution in [0.4, 0.5) is 0 Å². The van der Waals surface area contributed by atoms with Gasteiger partial charge in [-0.2, -0.15) is 0 Å². The second kappa shape index (κ2) is 3.01. The molecule has 2 heteroatoms. The van der Waals surface area contributed by atoms with Crippen molar-refractivity contribution in [2.45, 2.75) is 37.6 Å². The molecular formula is C14H18N2.